The summed E-state index contributed by atoms with van der Waals surface area (Å²) in [6, 6.07) is 4.85. The molecule has 2 heterocycles. The molecular weight excluding hydrogens is 254 g/mol. The molecule has 0 amide bonds. The molecule has 1 aromatic rings. The fourth-order valence-electron chi connectivity index (χ4n) is 3.41. The molecular formula is C15H23N3S. The summed E-state index contributed by atoms with van der Waals surface area (Å²) in [5.74, 6) is 1.54. The molecule has 0 bridgehead atoms. The molecule has 104 valence electrons. The number of guanidine groups is 1. The van der Waals surface area contributed by atoms with Crippen molar-refractivity contribution in [2.24, 2.45) is 16.6 Å². The van der Waals surface area contributed by atoms with Crippen molar-refractivity contribution in [1.29, 1.82) is 0 Å². The number of hydrogen-bond donors (Lipinski definition) is 1. The minimum atomic E-state index is 0.542. The van der Waals surface area contributed by atoms with Crippen LogP contribution in [0.5, 0.6) is 0 Å². The van der Waals surface area contributed by atoms with E-state index in [1.54, 1.807) is 0 Å². The van der Waals surface area contributed by atoms with E-state index >= 15 is 0 Å². The van der Waals surface area contributed by atoms with Crippen LogP contribution in [0.4, 0.5) is 0 Å². The van der Waals surface area contributed by atoms with Crippen molar-refractivity contribution in [3.63, 3.8) is 0 Å². The summed E-state index contributed by atoms with van der Waals surface area (Å²) in [6.45, 7) is 1.84. The van der Waals surface area contributed by atoms with Gasteiger partial charge in [0.25, 0.3) is 0 Å². The molecule has 0 radical (unpaired) electrons. The Kier molecular flexibility index (Phi) is 4.06. The zero-order valence-electron chi connectivity index (χ0n) is 11.4. The molecule has 1 fully saturated rings. The van der Waals surface area contributed by atoms with Gasteiger partial charge in [-0.3, -0.25) is 4.99 Å². The standard InChI is InChI=1S/C15H23N3S/c16-15-17-10-14(12-6-3-1-2-4-7-12)18(15)11-13-8-5-9-19-13/h5,8-9,12,14H,1-4,6-7,10-11H2,(H2,16,17). The molecule has 2 aliphatic rings. The molecule has 1 atom stereocenters. The van der Waals surface area contributed by atoms with Gasteiger partial charge in [0.15, 0.2) is 5.96 Å². The minimum Gasteiger partial charge on any atom is -0.370 e. The summed E-state index contributed by atoms with van der Waals surface area (Å²) in [4.78, 5) is 8.25. The van der Waals surface area contributed by atoms with E-state index in [1.807, 2.05) is 11.3 Å². The number of aliphatic imine (C=N–C) groups is 1. The van der Waals surface area contributed by atoms with E-state index in [4.69, 9.17) is 5.73 Å². The highest BCUT2D eigenvalue weighted by Gasteiger charge is 2.33. The molecule has 1 aliphatic heterocycles. The van der Waals surface area contributed by atoms with Gasteiger partial charge in [-0.1, -0.05) is 31.7 Å². The average Bonchev–Trinajstić information content (AvgIpc) is 2.95. The first-order chi connectivity index (χ1) is 9.34. The lowest BCUT2D eigenvalue weighted by molar-refractivity contribution is 0.226. The maximum absolute atomic E-state index is 6.11. The quantitative estimate of drug-likeness (QED) is 0.862. The monoisotopic (exact) mass is 277 g/mol. The normalized spacial score (nSPS) is 25.4. The molecule has 19 heavy (non-hydrogen) atoms. The lowest BCUT2D eigenvalue weighted by atomic mass is 9.91. The number of hydrogen-bond acceptors (Lipinski definition) is 4. The molecule has 2 N–H and O–H groups in total. The largest absolute Gasteiger partial charge is 0.370 e. The molecule has 0 aromatic carbocycles. The predicted molar refractivity (Wildman–Crippen MR) is 81.3 cm³/mol. The number of nitrogens with zero attached hydrogens (tertiary/aromatic N) is 2. The van der Waals surface area contributed by atoms with E-state index in [1.165, 1.54) is 43.4 Å². The van der Waals surface area contributed by atoms with Gasteiger partial charge in [0.1, 0.15) is 0 Å². The Morgan fingerprint density at radius 1 is 1.26 bits per heavy atom. The van der Waals surface area contributed by atoms with Crippen LogP contribution in [0.15, 0.2) is 22.5 Å². The van der Waals surface area contributed by atoms with Gasteiger partial charge in [0.2, 0.25) is 0 Å². The van der Waals surface area contributed by atoms with Gasteiger partial charge in [-0.05, 0) is 30.2 Å². The molecule has 3 nitrogen and oxygen atoms in total. The van der Waals surface area contributed by atoms with E-state index in [2.05, 4.69) is 27.4 Å². The first-order valence-electron chi connectivity index (χ1n) is 7.43. The second kappa shape index (κ2) is 5.95. The van der Waals surface area contributed by atoms with Crippen molar-refractivity contribution < 1.29 is 0 Å². The Bertz CT molecular complexity index is 419. The Balaban J connectivity index is 1.69. The number of nitrogens with two attached hydrogens (primary N) is 1. The summed E-state index contributed by atoms with van der Waals surface area (Å²) >= 11 is 1.81. The zero-order chi connectivity index (χ0) is 13.1. The fraction of sp³-hybridized carbons (Fsp3) is 0.667. The minimum absolute atomic E-state index is 0.542. The van der Waals surface area contributed by atoms with Crippen molar-refractivity contribution in [3.8, 4) is 0 Å². The van der Waals surface area contributed by atoms with Gasteiger partial charge < -0.3 is 10.6 Å². The van der Waals surface area contributed by atoms with Gasteiger partial charge >= 0.3 is 0 Å². The summed E-state index contributed by atoms with van der Waals surface area (Å²) in [5, 5.41) is 2.14. The van der Waals surface area contributed by atoms with Crippen LogP contribution in [0.25, 0.3) is 0 Å². The van der Waals surface area contributed by atoms with E-state index in [9.17, 15) is 0 Å². The highest BCUT2D eigenvalue weighted by atomic mass is 32.1. The van der Waals surface area contributed by atoms with Crippen LogP contribution in [0, 0.1) is 5.92 Å². The topological polar surface area (TPSA) is 41.6 Å². The van der Waals surface area contributed by atoms with Gasteiger partial charge in [0, 0.05) is 4.88 Å². The van der Waals surface area contributed by atoms with Crippen molar-refractivity contribution in [1.82, 2.24) is 4.90 Å². The van der Waals surface area contributed by atoms with Crippen LogP contribution in [0.2, 0.25) is 0 Å². The Hall–Kier alpha value is -1.03. The maximum atomic E-state index is 6.11. The summed E-state index contributed by atoms with van der Waals surface area (Å²) in [5.41, 5.74) is 6.11. The average molecular weight is 277 g/mol. The van der Waals surface area contributed by atoms with Crippen LogP contribution >= 0.6 is 11.3 Å². The van der Waals surface area contributed by atoms with Crippen molar-refractivity contribution in [2.75, 3.05) is 6.54 Å². The van der Waals surface area contributed by atoms with Crippen LogP contribution in [0.1, 0.15) is 43.4 Å². The van der Waals surface area contributed by atoms with Gasteiger partial charge in [-0.15, -0.1) is 11.3 Å². The molecule has 1 aliphatic carbocycles. The summed E-state index contributed by atoms with van der Waals surface area (Å²) < 4.78 is 0. The first-order valence-corrected chi connectivity index (χ1v) is 8.31. The highest BCUT2D eigenvalue weighted by molar-refractivity contribution is 7.09. The fourth-order valence-corrected chi connectivity index (χ4v) is 4.12. The predicted octanol–water partition coefficient (Wildman–Crippen LogP) is 3.22. The van der Waals surface area contributed by atoms with E-state index in [0.717, 1.165) is 25.0 Å². The zero-order valence-corrected chi connectivity index (χ0v) is 12.2. The first kappa shape index (κ1) is 13.0. The number of thiophene rings is 1. The van der Waals surface area contributed by atoms with Crippen LogP contribution in [-0.4, -0.2) is 23.4 Å². The second-order valence-corrected chi connectivity index (χ2v) is 6.76. The maximum Gasteiger partial charge on any atom is 0.191 e. The van der Waals surface area contributed by atoms with Crippen molar-refractivity contribution in [2.45, 2.75) is 51.1 Å². The van der Waals surface area contributed by atoms with Gasteiger partial charge in [-0.2, -0.15) is 0 Å². The molecule has 1 saturated carbocycles. The molecule has 0 saturated heterocycles. The third kappa shape index (κ3) is 2.94. The summed E-state index contributed by atoms with van der Waals surface area (Å²) in [6.07, 6.45) is 8.29. The van der Waals surface area contributed by atoms with E-state index in [-0.39, 0.29) is 0 Å². The van der Waals surface area contributed by atoms with Crippen LogP contribution < -0.4 is 5.73 Å². The molecule has 1 aromatic heterocycles. The van der Waals surface area contributed by atoms with Gasteiger partial charge in [0.05, 0.1) is 19.1 Å². The Morgan fingerprint density at radius 3 is 2.74 bits per heavy atom. The van der Waals surface area contributed by atoms with E-state index in [0.29, 0.717) is 6.04 Å². The van der Waals surface area contributed by atoms with Crippen LogP contribution in [-0.2, 0) is 6.54 Å². The third-order valence-corrected chi connectivity index (χ3v) is 5.35. The lowest BCUT2D eigenvalue weighted by Crippen LogP contribution is -2.43. The van der Waals surface area contributed by atoms with Crippen molar-refractivity contribution in [3.05, 3.63) is 22.4 Å². The SMILES string of the molecule is NC1=NCC(C2CCCCCC2)N1Cc1cccs1. The Morgan fingerprint density at radius 2 is 2.05 bits per heavy atom. The number of rotatable bonds is 3. The molecule has 1 unspecified atom stereocenters. The van der Waals surface area contributed by atoms with Gasteiger partial charge in [-0.25, -0.2) is 0 Å². The highest BCUT2D eigenvalue weighted by Crippen LogP contribution is 2.31. The molecule has 0 spiro atoms. The van der Waals surface area contributed by atoms with Crippen molar-refractivity contribution >= 4 is 17.3 Å². The Labute approximate surface area is 119 Å². The third-order valence-electron chi connectivity index (χ3n) is 4.49. The summed E-state index contributed by atoms with van der Waals surface area (Å²) in [7, 11) is 0. The molecule has 4 heteroatoms. The second-order valence-electron chi connectivity index (χ2n) is 5.73. The molecule has 3 rings (SSSR count). The lowest BCUT2D eigenvalue weighted by Gasteiger charge is -2.32. The van der Waals surface area contributed by atoms with E-state index < -0.39 is 0 Å². The van der Waals surface area contributed by atoms with Crippen LogP contribution in [0.3, 0.4) is 0 Å². The smallest absolute Gasteiger partial charge is 0.191 e.